The summed E-state index contributed by atoms with van der Waals surface area (Å²) >= 11 is 3.42. The normalized spacial score (nSPS) is 20.6. The first-order valence-corrected chi connectivity index (χ1v) is 14.2. The summed E-state index contributed by atoms with van der Waals surface area (Å²) in [5, 5.41) is 11.2. The fourth-order valence-corrected chi connectivity index (χ4v) is 5.71. The lowest BCUT2D eigenvalue weighted by Gasteiger charge is -2.29. The molecule has 0 spiro atoms. The lowest BCUT2D eigenvalue weighted by Crippen LogP contribution is -2.38. The molecule has 2 fully saturated rings. The maximum atomic E-state index is 13.2. The number of sulfonamides is 1. The van der Waals surface area contributed by atoms with Crippen LogP contribution >= 0.6 is 15.9 Å². The summed E-state index contributed by atoms with van der Waals surface area (Å²) in [6.07, 6.45) is 0.664. The van der Waals surface area contributed by atoms with E-state index >= 15 is 0 Å². The molecule has 0 radical (unpaired) electrons. The number of Topliss-reactive ketones (excluding diaryl/α,β-unsaturated/α-hetero) is 1. The number of aliphatic hydroxyl groups is 1. The number of hydrogen-bond acceptors (Lipinski definition) is 7. The lowest BCUT2D eigenvalue weighted by atomic mass is 9.95. The molecule has 2 aromatic rings. The van der Waals surface area contributed by atoms with Gasteiger partial charge in [-0.3, -0.25) is 14.5 Å². The van der Waals surface area contributed by atoms with E-state index in [1.165, 1.54) is 43.3 Å². The largest absolute Gasteiger partial charge is 0.507 e. The third-order valence-corrected chi connectivity index (χ3v) is 8.97. The van der Waals surface area contributed by atoms with Crippen LogP contribution in [-0.2, 0) is 24.3 Å². The second-order valence-electron chi connectivity index (χ2n) is 9.16. The zero-order valence-electron chi connectivity index (χ0n) is 20.8. The Morgan fingerprint density at radius 2 is 1.65 bits per heavy atom. The third-order valence-electron chi connectivity index (χ3n) is 6.61. The summed E-state index contributed by atoms with van der Waals surface area (Å²) in [5.74, 6) is -1.76. The average Bonchev–Trinajstić information content (AvgIpc) is 3.14. The molecule has 0 saturated carbocycles. The van der Waals surface area contributed by atoms with Crippen molar-refractivity contribution in [2.75, 3.05) is 53.5 Å². The number of amides is 1. The molecule has 4 rings (SSSR count). The van der Waals surface area contributed by atoms with Gasteiger partial charge in [-0.05, 0) is 48.4 Å². The van der Waals surface area contributed by atoms with E-state index in [0.29, 0.717) is 31.7 Å². The molecular formula is C26H30BrN3O6S. The number of carbonyl (C=O) groups excluding carboxylic acids is 2. The van der Waals surface area contributed by atoms with E-state index in [9.17, 15) is 23.1 Å². The first kappa shape index (κ1) is 27.5. The molecule has 198 valence electrons. The van der Waals surface area contributed by atoms with Gasteiger partial charge in [0, 0.05) is 50.3 Å². The second-order valence-corrected chi connectivity index (χ2v) is 12.2. The van der Waals surface area contributed by atoms with Gasteiger partial charge in [-0.2, -0.15) is 0 Å². The molecule has 1 atom stereocenters. The van der Waals surface area contributed by atoms with Crippen LogP contribution in [0.25, 0.3) is 5.76 Å². The smallest absolute Gasteiger partial charge is 0.295 e. The van der Waals surface area contributed by atoms with E-state index in [1.54, 1.807) is 0 Å². The number of benzene rings is 2. The number of morpholine rings is 1. The van der Waals surface area contributed by atoms with Crippen LogP contribution in [0.1, 0.15) is 23.6 Å². The molecule has 0 bridgehead atoms. The van der Waals surface area contributed by atoms with E-state index in [4.69, 9.17) is 4.74 Å². The number of halogens is 1. The second kappa shape index (κ2) is 11.4. The molecule has 11 heteroatoms. The van der Waals surface area contributed by atoms with E-state index < -0.39 is 27.8 Å². The molecule has 0 aliphatic carbocycles. The SMILES string of the molecule is CN(C)S(=O)(=O)c1ccc(C(O)=C2C(=O)C(=O)N(CCCN3CCOCC3)[C@@H]2c2ccc(Br)cc2)cc1. The first-order chi connectivity index (χ1) is 17.6. The number of nitrogens with zero attached hydrogens (tertiary/aromatic N) is 3. The zero-order chi connectivity index (χ0) is 26.7. The average molecular weight is 593 g/mol. The lowest BCUT2D eigenvalue weighted by molar-refractivity contribution is -0.140. The predicted molar refractivity (Wildman–Crippen MR) is 142 cm³/mol. The monoisotopic (exact) mass is 591 g/mol. The highest BCUT2D eigenvalue weighted by atomic mass is 79.9. The Labute approximate surface area is 225 Å². The maximum Gasteiger partial charge on any atom is 0.295 e. The number of ether oxygens (including phenoxy) is 1. The molecule has 9 nitrogen and oxygen atoms in total. The Balaban J connectivity index is 1.68. The van der Waals surface area contributed by atoms with Crippen molar-refractivity contribution in [2.24, 2.45) is 0 Å². The maximum absolute atomic E-state index is 13.2. The summed E-state index contributed by atoms with van der Waals surface area (Å²) in [5.41, 5.74) is 0.940. The van der Waals surface area contributed by atoms with Crippen molar-refractivity contribution in [1.82, 2.24) is 14.1 Å². The Bertz CT molecular complexity index is 1290. The fourth-order valence-electron chi connectivity index (χ4n) is 4.54. The third kappa shape index (κ3) is 5.80. The van der Waals surface area contributed by atoms with Crippen LogP contribution in [0.5, 0.6) is 0 Å². The van der Waals surface area contributed by atoms with Crippen molar-refractivity contribution in [3.05, 3.63) is 69.7 Å². The molecule has 2 saturated heterocycles. The van der Waals surface area contributed by atoms with Crippen molar-refractivity contribution in [1.29, 1.82) is 0 Å². The van der Waals surface area contributed by atoms with Crippen LogP contribution in [0.4, 0.5) is 0 Å². The Morgan fingerprint density at radius 1 is 1.03 bits per heavy atom. The molecule has 2 aromatic carbocycles. The predicted octanol–water partition coefficient (Wildman–Crippen LogP) is 2.84. The Morgan fingerprint density at radius 3 is 2.24 bits per heavy atom. The highest BCUT2D eigenvalue weighted by molar-refractivity contribution is 9.10. The van der Waals surface area contributed by atoms with Crippen molar-refractivity contribution >= 4 is 43.4 Å². The van der Waals surface area contributed by atoms with Gasteiger partial charge in [0.25, 0.3) is 11.7 Å². The van der Waals surface area contributed by atoms with Crippen molar-refractivity contribution in [3.63, 3.8) is 0 Å². The van der Waals surface area contributed by atoms with Gasteiger partial charge < -0.3 is 14.7 Å². The van der Waals surface area contributed by atoms with Crippen molar-refractivity contribution < 1.29 is 27.9 Å². The number of aliphatic hydroxyl groups excluding tert-OH is 1. The molecule has 2 heterocycles. The molecule has 1 N–H and O–H groups in total. The van der Waals surface area contributed by atoms with E-state index in [0.717, 1.165) is 28.4 Å². The molecule has 37 heavy (non-hydrogen) atoms. The summed E-state index contributed by atoms with van der Waals surface area (Å²) in [6, 6.07) is 12.1. The van der Waals surface area contributed by atoms with E-state index in [1.807, 2.05) is 24.3 Å². The standard InChI is InChI=1S/C26H30BrN3O6S/c1-28(2)37(34,35)21-10-6-19(7-11-21)24(31)22-23(18-4-8-20(27)9-5-18)30(26(33)25(22)32)13-3-12-29-14-16-36-17-15-29/h4-11,23,31H,3,12-17H2,1-2H3/t23-/m1/s1. The summed E-state index contributed by atoms with van der Waals surface area (Å²) in [7, 11) is -0.789. The number of hydrogen-bond donors (Lipinski definition) is 1. The highest BCUT2D eigenvalue weighted by Crippen LogP contribution is 2.40. The van der Waals surface area contributed by atoms with Gasteiger partial charge in [0.1, 0.15) is 5.76 Å². The summed E-state index contributed by atoms with van der Waals surface area (Å²) in [4.78, 5) is 30.2. The molecule has 1 amide bonds. The van der Waals surface area contributed by atoms with Crippen molar-refractivity contribution in [2.45, 2.75) is 17.4 Å². The van der Waals surface area contributed by atoms with Gasteiger partial charge in [0.2, 0.25) is 10.0 Å². The number of carbonyl (C=O) groups is 2. The quantitative estimate of drug-likeness (QED) is 0.286. The number of ketones is 1. The van der Waals surface area contributed by atoms with Crippen molar-refractivity contribution in [3.8, 4) is 0 Å². The number of rotatable bonds is 8. The summed E-state index contributed by atoms with van der Waals surface area (Å²) in [6.45, 7) is 4.12. The zero-order valence-corrected chi connectivity index (χ0v) is 23.2. The highest BCUT2D eigenvalue weighted by Gasteiger charge is 2.45. The van der Waals surface area contributed by atoms with Gasteiger partial charge in [0.05, 0.1) is 29.7 Å². The number of likely N-dealkylation sites (tertiary alicyclic amines) is 1. The van der Waals surface area contributed by atoms with E-state index in [2.05, 4.69) is 20.8 Å². The van der Waals surface area contributed by atoms with E-state index in [-0.39, 0.29) is 21.8 Å². The fraction of sp³-hybridized carbons (Fsp3) is 0.385. The van der Waals surface area contributed by atoms with Gasteiger partial charge in [-0.1, -0.05) is 28.1 Å². The molecule has 2 aliphatic rings. The molecular weight excluding hydrogens is 562 g/mol. The van der Waals surface area contributed by atoms with Crippen LogP contribution in [0.2, 0.25) is 0 Å². The van der Waals surface area contributed by atoms with Gasteiger partial charge in [-0.25, -0.2) is 12.7 Å². The van der Waals surface area contributed by atoms with Gasteiger partial charge in [-0.15, -0.1) is 0 Å². The van der Waals surface area contributed by atoms with Crippen LogP contribution in [-0.4, -0.2) is 92.8 Å². The minimum absolute atomic E-state index is 0.0121. The van der Waals surface area contributed by atoms with Crippen LogP contribution in [0.3, 0.4) is 0 Å². The first-order valence-electron chi connectivity index (χ1n) is 12.0. The van der Waals surface area contributed by atoms with Gasteiger partial charge in [0.15, 0.2) is 0 Å². The Hall–Kier alpha value is -2.57. The molecule has 0 aromatic heterocycles. The minimum atomic E-state index is -3.65. The topological polar surface area (TPSA) is 107 Å². The minimum Gasteiger partial charge on any atom is -0.507 e. The Kier molecular flexibility index (Phi) is 8.49. The molecule has 2 aliphatic heterocycles. The van der Waals surface area contributed by atoms with Crippen LogP contribution < -0.4 is 0 Å². The van der Waals surface area contributed by atoms with Gasteiger partial charge >= 0.3 is 0 Å². The summed E-state index contributed by atoms with van der Waals surface area (Å²) < 4.78 is 32.2. The van der Waals surface area contributed by atoms with Crippen LogP contribution in [0.15, 0.2) is 63.5 Å². The van der Waals surface area contributed by atoms with Crippen LogP contribution in [0, 0.1) is 0 Å². The molecule has 0 unspecified atom stereocenters.